The molecule has 1 aliphatic heterocycles. The number of likely N-dealkylation sites (tertiary alicyclic amines) is 1. The molecule has 1 unspecified atom stereocenters. The van der Waals surface area contributed by atoms with Crippen molar-refractivity contribution in [1.29, 1.82) is 0 Å². The molecule has 1 fully saturated rings. The average Bonchev–Trinajstić information content (AvgIpc) is 2.95. The van der Waals surface area contributed by atoms with Crippen LogP contribution >= 0.6 is 12.2 Å². The van der Waals surface area contributed by atoms with Crippen molar-refractivity contribution < 1.29 is 4.79 Å². The lowest BCUT2D eigenvalue weighted by Gasteiger charge is -2.31. The molecular formula is C17H23N5OS. The summed E-state index contributed by atoms with van der Waals surface area (Å²) in [7, 11) is 1.69. The number of H-pyrrole nitrogens is 1. The number of piperidine rings is 1. The summed E-state index contributed by atoms with van der Waals surface area (Å²) >= 11 is 5.39. The van der Waals surface area contributed by atoms with Gasteiger partial charge in [-0.25, -0.2) is 4.68 Å². The van der Waals surface area contributed by atoms with Crippen LogP contribution in [0.2, 0.25) is 0 Å². The zero-order valence-electron chi connectivity index (χ0n) is 14.1. The zero-order valence-corrected chi connectivity index (χ0v) is 14.9. The fraction of sp³-hybridized carbons (Fsp3) is 0.471. The standard InChI is InChI=1S/C17H23N5OS/c1-12-5-7-13(8-6-12)15-19-17(24)22(20-15)11-21-9-3-4-14(10-21)16(23)18-2/h5-8,14H,3-4,9-11H2,1-2H3,(H,18,23)(H,19,20,24). The monoisotopic (exact) mass is 345 g/mol. The Morgan fingerprint density at radius 3 is 2.88 bits per heavy atom. The molecule has 1 saturated heterocycles. The van der Waals surface area contributed by atoms with Crippen LogP contribution in [0.3, 0.4) is 0 Å². The van der Waals surface area contributed by atoms with Gasteiger partial charge in [-0.15, -0.1) is 0 Å². The number of carbonyl (C=O) groups is 1. The van der Waals surface area contributed by atoms with E-state index in [1.807, 2.05) is 16.8 Å². The van der Waals surface area contributed by atoms with Crippen molar-refractivity contribution in [2.75, 3.05) is 20.1 Å². The molecule has 3 rings (SSSR count). The SMILES string of the molecule is CNC(=O)C1CCCN(Cn2[nH]c(-c3ccc(C)cc3)nc2=S)C1. The minimum Gasteiger partial charge on any atom is -0.359 e. The minimum atomic E-state index is 0.0532. The summed E-state index contributed by atoms with van der Waals surface area (Å²) in [5.74, 6) is 0.950. The molecule has 7 heteroatoms. The Labute approximate surface area is 146 Å². The van der Waals surface area contributed by atoms with Gasteiger partial charge in [0.1, 0.15) is 0 Å². The number of nitrogens with zero attached hydrogens (tertiary/aromatic N) is 3. The van der Waals surface area contributed by atoms with E-state index >= 15 is 0 Å². The lowest BCUT2D eigenvalue weighted by Crippen LogP contribution is -2.42. The van der Waals surface area contributed by atoms with Crippen molar-refractivity contribution in [1.82, 2.24) is 25.0 Å². The van der Waals surface area contributed by atoms with Crippen molar-refractivity contribution in [3.8, 4) is 11.4 Å². The van der Waals surface area contributed by atoms with Crippen LogP contribution in [0.15, 0.2) is 24.3 Å². The number of aromatic nitrogens is 3. The Kier molecular flexibility index (Phi) is 5.11. The molecule has 1 amide bonds. The van der Waals surface area contributed by atoms with E-state index in [-0.39, 0.29) is 11.8 Å². The average molecular weight is 345 g/mol. The Morgan fingerprint density at radius 1 is 1.42 bits per heavy atom. The number of aromatic amines is 1. The Morgan fingerprint density at radius 2 is 2.17 bits per heavy atom. The molecule has 1 aliphatic rings. The highest BCUT2D eigenvalue weighted by atomic mass is 32.1. The second-order valence-electron chi connectivity index (χ2n) is 6.32. The largest absolute Gasteiger partial charge is 0.359 e. The second kappa shape index (κ2) is 7.27. The molecule has 2 N–H and O–H groups in total. The minimum absolute atomic E-state index is 0.0532. The van der Waals surface area contributed by atoms with Crippen molar-refractivity contribution in [2.45, 2.75) is 26.4 Å². The molecule has 0 spiro atoms. The second-order valence-corrected chi connectivity index (χ2v) is 6.69. The first-order valence-corrected chi connectivity index (χ1v) is 8.65. The van der Waals surface area contributed by atoms with E-state index < -0.39 is 0 Å². The Hall–Kier alpha value is -1.99. The summed E-state index contributed by atoms with van der Waals surface area (Å²) in [6, 6.07) is 8.19. The number of rotatable bonds is 4. The highest BCUT2D eigenvalue weighted by Crippen LogP contribution is 2.19. The molecule has 2 heterocycles. The first-order chi connectivity index (χ1) is 11.6. The first kappa shape index (κ1) is 16.9. The first-order valence-electron chi connectivity index (χ1n) is 8.24. The van der Waals surface area contributed by atoms with Crippen molar-refractivity contribution in [3.63, 3.8) is 0 Å². The van der Waals surface area contributed by atoms with Gasteiger partial charge >= 0.3 is 0 Å². The molecular weight excluding hydrogens is 322 g/mol. The number of carbonyl (C=O) groups excluding carboxylic acids is 1. The molecule has 2 aromatic rings. The van der Waals surface area contributed by atoms with Gasteiger partial charge in [-0.1, -0.05) is 29.8 Å². The van der Waals surface area contributed by atoms with E-state index in [1.54, 1.807) is 7.05 Å². The van der Waals surface area contributed by atoms with Crippen LogP contribution in [0, 0.1) is 17.6 Å². The molecule has 0 bridgehead atoms. The lowest BCUT2D eigenvalue weighted by molar-refractivity contribution is -0.126. The fourth-order valence-corrected chi connectivity index (χ4v) is 3.29. The van der Waals surface area contributed by atoms with Crippen LogP contribution in [0.25, 0.3) is 11.4 Å². The topological polar surface area (TPSA) is 66.0 Å². The number of hydrogen-bond acceptors (Lipinski definition) is 4. The predicted molar refractivity (Wildman–Crippen MR) is 95.9 cm³/mol. The van der Waals surface area contributed by atoms with Gasteiger partial charge in [0.05, 0.1) is 12.6 Å². The maximum absolute atomic E-state index is 11.9. The predicted octanol–water partition coefficient (Wildman–Crippen LogP) is 2.33. The number of hydrogen-bond donors (Lipinski definition) is 2. The summed E-state index contributed by atoms with van der Waals surface area (Å²) in [6.07, 6.45) is 1.96. The van der Waals surface area contributed by atoms with Gasteiger partial charge in [0.25, 0.3) is 0 Å². The number of aryl methyl sites for hydroxylation is 1. The van der Waals surface area contributed by atoms with Gasteiger partial charge in [-0.2, -0.15) is 4.98 Å². The fourth-order valence-electron chi connectivity index (χ4n) is 3.10. The van der Waals surface area contributed by atoms with Gasteiger partial charge in [-0.3, -0.25) is 14.8 Å². The number of benzene rings is 1. The molecule has 128 valence electrons. The highest BCUT2D eigenvalue weighted by molar-refractivity contribution is 7.71. The third kappa shape index (κ3) is 3.73. The van der Waals surface area contributed by atoms with Crippen LogP contribution in [0.1, 0.15) is 18.4 Å². The summed E-state index contributed by atoms with van der Waals surface area (Å²) < 4.78 is 2.41. The number of amides is 1. The summed E-state index contributed by atoms with van der Waals surface area (Å²) in [6.45, 7) is 4.41. The Balaban J connectivity index is 1.73. The van der Waals surface area contributed by atoms with E-state index in [0.29, 0.717) is 11.4 Å². The molecule has 0 aliphatic carbocycles. The molecule has 1 aromatic carbocycles. The van der Waals surface area contributed by atoms with Gasteiger partial charge in [-0.05, 0) is 38.5 Å². The van der Waals surface area contributed by atoms with Crippen LogP contribution in [-0.4, -0.2) is 45.7 Å². The quantitative estimate of drug-likeness (QED) is 0.835. The van der Waals surface area contributed by atoms with Crippen LogP contribution in [-0.2, 0) is 11.5 Å². The third-order valence-corrected chi connectivity index (χ3v) is 4.78. The van der Waals surface area contributed by atoms with Gasteiger partial charge < -0.3 is 5.32 Å². The van der Waals surface area contributed by atoms with Crippen molar-refractivity contribution >= 4 is 18.1 Å². The van der Waals surface area contributed by atoms with E-state index in [9.17, 15) is 4.79 Å². The van der Waals surface area contributed by atoms with Gasteiger partial charge in [0, 0.05) is 19.2 Å². The molecule has 1 atom stereocenters. The smallest absolute Gasteiger partial charge is 0.224 e. The van der Waals surface area contributed by atoms with E-state index in [0.717, 1.165) is 37.3 Å². The molecule has 0 saturated carbocycles. The summed E-state index contributed by atoms with van der Waals surface area (Å²) in [4.78, 5) is 18.6. The van der Waals surface area contributed by atoms with Crippen LogP contribution < -0.4 is 5.32 Å². The molecule has 6 nitrogen and oxygen atoms in total. The number of nitrogens with one attached hydrogen (secondary N) is 2. The van der Waals surface area contributed by atoms with E-state index in [2.05, 4.69) is 39.4 Å². The normalized spacial score (nSPS) is 18.5. The summed E-state index contributed by atoms with van der Waals surface area (Å²) in [5.41, 5.74) is 2.23. The molecule has 0 radical (unpaired) electrons. The maximum Gasteiger partial charge on any atom is 0.224 e. The van der Waals surface area contributed by atoms with Crippen LogP contribution in [0.4, 0.5) is 0 Å². The zero-order chi connectivity index (χ0) is 17.1. The van der Waals surface area contributed by atoms with Crippen LogP contribution in [0.5, 0.6) is 0 Å². The van der Waals surface area contributed by atoms with E-state index in [1.165, 1.54) is 5.56 Å². The lowest BCUT2D eigenvalue weighted by atomic mass is 9.97. The van der Waals surface area contributed by atoms with Gasteiger partial charge in [0.2, 0.25) is 10.7 Å². The highest BCUT2D eigenvalue weighted by Gasteiger charge is 2.25. The van der Waals surface area contributed by atoms with Crippen molar-refractivity contribution in [3.05, 3.63) is 34.6 Å². The molecule has 1 aromatic heterocycles. The third-order valence-electron chi connectivity index (χ3n) is 4.47. The Bertz CT molecular complexity index is 764. The van der Waals surface area contributed by atoms with Crippen molar-refractivity contribution in [2.24, 2.45) is 5.92 Å². The maximum atomic E-state index is 11.9. The summed E-state index contributed by atoms with van der Waals surface area (Å²) in [5, 5.41) is 6.03. The van der Waals surface area contributed by atoms with E-state index in [4.69, 9.17) is 12.2 Å². The van der Waals surface area contributed by atoms with Gasteiger partial charge in [0.15, 0.2) is 5.82 Å². The molecule has 24 heavy (non-hydrogen) atoms.